The molecule has 5 heteroatoms. The Morgan fingerprint density at radius 1 is 1.62 bits per heavy atom. The molecule has 0 rings (SSSR count). The minimum absolute atomic E-state index is 0.0441. The molecule has 0 fully saturated rings. The number of carbonyl (C=O) groups is 1. The molecular formula is C8H17N3OS. The van der Waals surface area contributed by atoms with Gasteiger partial charge < -0.3 is 5.32 Å². The SMILES string of the molecule is CC.CCNC(=O)CS(C)=NC#N. The van der Waals surface area contributed by atoms with Crippen LogP contribution in [0.5, 0.6) is 0 Å². The minimum Gasteiger partial charge on any atom is -0.356 e. The van der Waals surface area contributed by atoms with Gasteiger partial charge in [0.05, 0.1) is 5.75 Å². The van der Waals surface area contributed by atoms with Crippen LogP contribution >= 0.6 is 0 Å². The van der Waals surface area contributed by atoms with Gasteiger partial charge in [0, 0.05) is 6.54 Å². The van der Waals surface area contributed by atoms with E-state index in [1.165, 1.54) is 0 Å². The summed E-state index contributed by atoms with van der Waals surface area (Å²) in [5.41, 5.74) is 0. The highest BCUT2D eigenvalue weighted by Crippen LogP contribution is 1.81. The molecule has 4 nitrogen and oxygen atoms in total. The molecule has 0 saturated carbocycles. The Labute approximate surface area is 82.4 Å². The quantitative estimate of drug-likeness (QED) is 0.697. The number of hydrogen-bond donors (Lipinski definition) is 1. The number of nitrogens with one attached hydrogen (secondary N) is 1. The van der Waals surface area contributed by atoms with Crippen LogP contribution in [0.15, 0.2) is 4.36 Å². The zero-order chi connectivity index (χ0) is 10.7. The molecule has 0 aliphatic rings. The van der Waals surface area contributed by atoms with E-state index in [1.807, 2.05) is 20.8 Å². The molecule has 0 spiro atoms. The Kier molecular flexibility index (Phi) is 12.5. The number of rotatable bonds is 3. The summed E-state index contributed by atoms with van der Waals surface area (Å²) in [6, 6.07) is 0. The van der Waals surface area contributed by atoms with Crippen LogP contribution in [0.2, 0.25) is 0 Å². The van der Waals surface area contributed by atoms with Gasteiger partial charge in [0.25, 0.3) is 0 Å². The molecule has 0 aromatic rings. The van der Waals surface area contributed by atoms with E-state index in [2.05, 4.69) is 9.68 Å². The average molecular weight is 203 g/mol. The zero-order valence-electron chi connectivity index (χ0n) is 8.63. The summed E-state index contributed by atoms with van der Waals surface area (Å²) in [4.78, 5) is 10.9. The van der Waals surface area contributed by atoms with Crippen LogP contribution < -0.4 is 5.32 Å². The van der Waals surface area contributed by atoms with Crippen molar-refractivity contribution in [1.82, 2.24) is 5.32 Å². The molecule has 0 aliphatic carbocycles. The molecule has 76 valence electrons. The highest BCUT2D eigenvalue weighted by molar-refractivity contribution is 7.87. The molecule has 0 heterocycles. The Morgan fingerprint density at radius 3 is 2.54 bits per heavy atom. The molecule has 1 N–H and O–H groups in total. The first-order valence-corrected chi connectivity index (χ1v) is 5.95. The van der Waals surface area contributed by atoms with Crippen molar-refractivity contribution in [3.05, 3.63) is 0 Å². The van der Waals surface area contributed by atoms with Crippen molar-refractivity contribution in [2.75, 3.05) is 18.6 Å². The van der Waals surface area contributed by atoms with E-state index in [0.717, 1.165) is 0 Å². The van der Waals surface area contributed by atoms with Gasteiger partial charge in [0.1, 0.15) is 0 Å². The van der Waals surface area contributed by atoms with Crippen molar-refractivity contribution >= 4 is 16.6 Å². The van der Waals surface area contributed by atoms with Crippen LogP contribution in [0.3, 0.4) is 0 Å². The number of nitriles is 1. The van der Waals surface area contributed by atoms with E-state index in [0.29, 0.717) is 12.3 Å². The number of hydrogen-bond acceptors (Lipinski definition) is 3. The summed E-state index contributed by atoms with van der Waals surface area (Å²) in [5.74, 6) is 0.277. The lowest BCUT2D eigenvalue weighted by Gasteiger charge is -1.99. The number of carbonyl (C=O) groups excluding carboxylic acids is 1. The van der Waals surface area contributed by atoms with Gasteiger partial charge in [0.2, 0.25) is 12.1 Å². The predicted molar refractivity (Wildman–Crippen MR) is 56.2 cm³/mol. The smallest absolute Gasteiger partial charge is 0.230 e. The molecule has 1 amide bonds. The van der Waals surface area contributed by atoms with Gasteiger partial charge in [-0.05, 0) is 13.2 Å². The van der Waals surface area contributed by atoms with Gasteiger partial charge in [-0.1, -0.05) is 24.5 Å². The second-order valence-electron chi connectivity index (χ2n) is 1.89. The molecule has 0 saturated heterocycles. The minimum atomic E-state index is -0.450. The van der Waals surface area contributed by atoms with E-state index in [-0.39, 0.29) is 5.91 Å². The fourth-order valence-corrected chi connectivity index (χ4v) is 1.23. The second-order valence-corrected chi connectivity index (χ2v) is 3.56. The Bertz CT molecular complexity index is 208. The van der Waals surface area contributed by atoms with E-state index in [9.17, 15) is 4.79 Å². The Morgan fingerprint density at radius 2 is 2.15 bits per heavy atom. The number of amides is 1. The molecule has 0 radical (unpaired) electrons. The third-order valence-electron chi connectivity index (χ3n) is 0.911. The van der Waals surface area contributed by atoms with Crippen LogP contribution in [0.4, 0.5) is 0 Å². The lowest BCUT2D eigenvalue weighted by Crippen LogP contribution is -2.27. The summed E-state index contributed by atoms with van der Waals surface area (Å²) < 4.78 is 3.52. The lowest BCUT2D eigenvalue weighted by atomic mass is 10.6. The monoisotopic (exact) mass is 203 g/mol. The van der Waals surface area contributed by atoms with Crippen LogP contribution in [0.1, 0.15) is 20.8 Å². The highest BCUT2D eigenvalue weighted by Gasteiger charge is 1.99. The molecule has 1 unspecified atom stereocenters. The molecule has 0 aromatic carbocycles. The highest BCUT2D eigenvalue weighted by atomic mass is 32.2. The maximum absolute atomic E-state index is 10.9. The van der Waals surface area contributed by atoms with E-state index in [4.69, 9.17) is 5.26 Å². The first kappa shape index (κ1) is 14.6. The summed E-state index contributed by atoms with van der Waals surface area (Å²) in [6.07, 6.45) is 3.43. The van der Waals surface area contributed by atoms with E-state index in [1.54, 1.807) is 12.4 Å². The van der Waals surface area contributed by atoms with Crippen molar-refractivity contribution in [1.29, 1.82) is 5.26 Å². The molecule has 0 bridgehead atoms. The second kappa shape index (κ2) is 11.1. The van der Waals surface area contributed by atoms with Gasteiger partial charge >= 0.3 is 0 Å². The van der Waals surface area contributed by atoms with Crippen molar-refractivity contribution < 1.29 is 4.79 Å². The van der Waals surface area contributed by atoms with Crippen molar-refractivity contribution in [3.63, 3.8) is 0 Å². The van der Waals surface area contributed by atoms with Gasteiger partial charge in [-0.15, -0.1) is 0 Å². The van der Waals surface area contributed by atoms with Gasteiger partial charge in [-0.2, -0.15) is 9.62 Å². The van der Waals surface area contributed by atoms with Gasteiger partial charge in [-0.3, -0.25) is 4.79 Å². The fourth-order valence-electron chi connectivity index (χ4n) is 0.540. The first-order valence-electron chi connectivity index (χ1n) is 4.20. The largest absolute Gasteiger partial charge is 0.356 e. The van der Waals surface area contributed by atoms with Crippen LogP contribution in [-0.2, 0) is 15.5 Å². The lowest BCUT2D eigenvalue weighted by molar-refractivity contribution is -0.118. The molecule has 13 heavy (non-hydrogen) atoms. The maximum Gasteiger partial charge on any atom is 0.230 e. The molecule has 0 aliphatic heterocycles. The third kappa shape index (κ3) is 11.1. The Balaban J connectivity index is 0. The summed E-state index contributed by atoms with van der Waals surface area (Å²) in [7, 11) is -0.450. The Hall–Kier alpha value is -0.890. The summed E-state index contributed by atoms with van der Waals surface area (Å²) in [6.45, 7) is 6.48. The van der Waals surface area contributed by atoms with Gasteiger partial charge in [0.15, 0.2) is 0 Å². The standard InChI is InChI=1S/C6H11N3OS.C2H6/c1-3-8-6(10)4-11(2)9-5-7;1-2/h3-4H2,1-2H3,(H,8,10);1-2H3. The topological polar surface area (TPSA) is 65.2 Å². The molecular weight excluding hydrogens is 186 g/mol. The predicted octanol–water partition coefficient (Wildman–Crippen LogP) is 1.06. The average Bonchev–Trinajstić information content (AvgIpc) is 2.08. The molecule has 1 atom stereocenters. The summed E-state index contributed by atoms with van der Waals surface area (Å²) >= 11 is 0. The third-order valence-corrected chi connectivity index (χ3v) is 1.98. The van der Waals surface area contributed by atoms with Crippen LogP contribution in [0, 0.1) is 11.5 Å². The van der Waals surface area contributed by atoms with Crippen molar-refractivity contribution in [2.45, 2.75) is 20.8 Å². The zero-order valence-corrected chi connectivity index (χ0v) is 9.44. The van der Waals surface area contributed by atoms with Crippen LogP contribution in [-0.4, -0.2) is 24.5 Å². The van der Waals surface area contributed by atoms with E-state index < -0.39 is 10.7 Å². The van der Waals surface area contributed by atoms with Crippen molar-refractivity contribution in [3.8, 4) is 6.19 Å². The van der Waals surface area contributed by atoms with Crippen molar-refractivity contribution in [2.24, 2.45) is 4.36 Å². The normalized spacial score (nSPS) is 10.7. The maximum atomic E-state index is 10.9. The van der Waals surface area contributed by atoms with Crippen LogP contribution in [0.25, 0.3) is 0 Å². The number of nitrogens with zero attached hydrogens (tertiary/aromatic N) is 2. The fraction of sp³-hybridized carbons (Fsp3) is 0.750. The first-order chi connectivity index (χ1) is 6.20. The summed E-state index contributed by atoms with van der Waals surface area (Å²) in [5, 5.41) is 10.8. The van der Waals surface area contributed by atoms with E-state index >= 15 is 0 Å². The van der Waals surface area contributed by atoms with Gasteiger partial charge in [-0.25, -0.2) is 0 Å². The molecule has 0 aromatic heterocycles.